The van der Waals surface area contributed by atoms with Gasteiger partial charge in [-0.1, -0.05) is 19.8 Å². The van der Waals surface area contributed by atoms with Crippen molar-refractivity contribution in [1.82, 2.24) is 0 Å². The lowest BCUT2D eigenvalue weighted by Gasteiger charge is -2.35. The summed E-state index contributed by atoms with van der Waals surface area (Å²) in [6.45, 7) is 1.31. The number of hydrogen-bond acceptors (Lipinski definition) is 0. The topological polar surface area (TPSA) is 0 Å². The Morgan fingerprint density at radius 1 is 1.17 bits per heavy atom. The Labute approximate surface area is 101 Å². The lowest BCUT2D eigenvalue weighted by atomic mass is 10.6. The summed E-state index contributed by atoms with van der Waals surface area (Å²) >= 11 is 11.8. The fourth-order valence-corrected chi connectivity index (χ4v) is 35.3. The van der Waals surface area contributed by atoms with Crippen molar-refractivity contribution in [1.29, 1.82) is 0 Å². The molecule has 0 spiro atoms. The van der Waals surface area contributed by atoms with E-state index in [1.807, 2.05) is 0 Å². The van der Waals surface area contributed by atoms with E-state index in [-0.39, 0.29) is 0 Å². The summed E-state index contributed by atoms with van der Waals surface area (Å²) in [5.74, 6) is 0. The van der Waals surface area contributed by atoms with Crippen LogP contribution in [0.2, 0.25) is 23.8 Å². The minimum atomic E-state index is -1.12. The molecule has 0 aromatic heterocycles. The van der Waals surface area contributed by atoms with Crippen LogP contribution in [0.15, 0.2) is 0 Å². The van der Waals surface area contributed by atoms with Gasteiger partial charge in [-0.05, 0) is 23.8 Å². The maximum absolute atomic E-state index is 4.05. The van der Waals surface area contributed by atoms with Gasteiger partial charge in [-0.15, -0.1) is 45.9 Å². The van der Waals surface area contributed by atoms with Gasteiger partial charge < -0.3 is 0 Å². The zero-order valence-electron chi connectivity index (χ0n) is 7.38. The van der Waals surface area contributed by atoms with Gasteiger partial charge in [-0.3, -0.25) is 0 Å². The second kappa shape index (κ2) is 4.60. The standard InChI is InChI=1S/C7H15Br3Si2/c1-2-4-11(8)5-3-6-12(9,10)7-11/h2-7H2,1H3. The van der Waals surface area contributed by atoms with E-state index < -0.39 is 12.0 Å². The van der Waals surface area contributed by atoms with Gasteiger partial charge >= 0.3 is 0 Å². The lowest BCUT2D eigenvalue weighted by Crippen LogP contribution is -2.40. The third-order valence-corrected chi connectivity index (χ3v) is 23.1. The predicted octanol–water partition coefficient (Wildman–Crippen LogP) is 4.91. The van der Waals surface area contributed by atoms with Crippen LogP contribution < -0.4 is 0 Å². The molecule has 0 aliphatic carbocycles. The highest BCUT2D eigenvalue weighted by Gasteiger charge is 2.43. The van der Waals surface area contributed by atoms with Crippen molar-refractivity contribution in [2.45, 2.75) is 43.6 Å². The second-order valence-corrected chi connectivity index (χ2v) is 28.1. The average Bonchev–Trinajstić information content (AvgIpc) is 1.83. The van der Waals surface area contributed by atoms with Crippen molar-refractivity contribution in [2.24, 2.45) is 0 Å². The van der Waals surface area contributed by atoms with Crippen molar-refractivity contribution < 1.29 is 0 Å². The molecule has 1 aliphatic heterocycles. The summed E-state index contributed by atoms with van der Waals surface area (Å²) in [6.07, 6.45) is 2.78. The van der Waals surface area contributed by atoms with Gasteiger partial charge in [0.25, 0.3) is 0 Å². The number of hydrogen-bond donors (Lipinski definition) is 0. The van der Waals surface area contributed by atoms with E-state index in [1.54, 1.807) is 0 Å². The Hall–Kier alpha value is 1.87. The Morgan fingerprint density at radius 2 is 1.83 bits per heavy atom. The van der Waals surface area contributed by atoms with Crippen LogP contribution in [-0.2, 0) is 0 Å². The SMILES string of the molecule is CCC[Si]1(Br)CCC[Si](Br)(Br)C1. The smallest absolute Gasteiger partial charge is 0.126 e. The maximum atomic E-state index is 4.05. The van der Waals surface area contributed by atoms with Crippen LogP contribution in [0.1, 0.15) is 19.8 Å². The van der Waals surface area contributed by atoms with Crippen molar-refractivity contribution >= 4 is 57.9 Å². The van der Waals surface area contributed by atoms with Crippen molar-refractivity contribution in [2.75, 3.05) is 0 Å². The highest BCUT2D eigenvalue weighted by molar-refractivity contribution is 9.51. The minimum Gasteiger partial charge on any atom is -0.126 e. The molecular formula is C7H15Br3Si2. The lowest BCUT2D eigenvalue weighted by molar-refractivity contribution is 0.971. The van der Waals surface area contributed by atoms with Gasteiger partial charge in [-0.2, -0.15) is 0 Å². The van der Waals surface area contributed by atoms with Crippen LogP contribution in [0, 0.1) is 0 Å². The van der Waals surface area contributed by atoms with Crippen molar-refractivity contribution in [3.8, 4) is 0 Å². The molecule has 1 atom stereocenters. The summed E-state index contributed by atoms with van der Waals surface area (Å²) in [7, 11) is 0. The highest BCUT2D eigenvalue weighted by Crippen LogP contribution is 2.47. The Kier molecular flexibility index (Phi) is 4.57. The fourth-order valence-electron chi connectivity index (χ4n) is 1.97. The van der Waals surface area contributed by atoms with Gasteiger partial charge in [0.2, 0.25) is 0 Å². The first-order chi connectivity index (χ1) is 5.47. The van der Waals surface area contributed by atoms with Gasteiger partial charge in [0, 0.05) is 0 Å². The third-order valence-electron chi connectivity index (χ3n) is 2.44. The molecule has 0 N–H and O–H groups in total. The number of halogens is 3. The second-order valence-electron chi connectivity index (χ2n) is 3.79. The average molecular weight is 395 g/mol. The molecular weight excluding hydrogens is 380 g/mol. The van der Waals surface area contributed by atoms with Crippen LogP contribution in [0.3, 0.4) is 0 Å². The van der Waals surface area contributed by atoms with Crippen molar-refractivity contribution in [3.05, 3.63) is 0 Å². The predicted molar refractivity (Wildman–Crippen MR) is 72.4 cm³/mol. The first kappa shape index (κ1) is 11.9. The summed E-state index contributed by atoms with van der Waals surface area (Å²) in [5.41, 5.74) is 1.47. The van der Waals surface area contributed by atoms with Gasteiger partial charge in [0.15, 0.2) is 5.31 Å². The zero-order valence-corrected chi connectivity index (χ0v) is 14.1. The molecule has 1 unspecified atom stereocenters. The molecule has 1 saturated heterocycles. The fraction of sp³-hybridized carbons (Fsp3) is 1.00. The van der Waals surface area contributed by atoms with E-state index in [9.17, 15) is 0 Å². The van der Waals surface area contributed by atoms with Crippen LogP contribution in [-0.4, -0.2) is 12.0 Å². The van der Waals surface area contributed by atoms with Crippen molar-refractivity contribution in [3.63, 3.8) is 0 Å². The molecule has 0 aromatic rings. The third kappa shape index (κ3) is 3.55. The molecule has 5 heteroatoms. The first-order valence-corrected chi connectivity index (χ1v) is 16.3. The summed E-state index contributed by atoms with van der Waals surface area (Å²) in [6, 6.07) is 4.36. The van der Waals surface area contributed by atoms with E-state index in [2.05, 4.69) is 52.8 Å². The van der Waals surface area contributed by atoms with Crippen LogP contribution in [0.5, 0.6) is 0 Å². The van der Waals surface area contributed by atoms with Crippen LogP contribution >= 0.6 is 45.9 Å². The molecule has 12 heavy (non-hydrogen) atoms. The van der Waals surface area contributed by atoms with Gasteiger partial charge in [0.05, 0.1) is 0 Å². The molecule has 72 valence electrons. The highest BCUT2D eigenvalue weighted by atomic mass is 79.9. The Bertz CT molecular complexity index is 159. The monoisotopic (exact) mass is 392 g/mol. The molecule has 1 rings (SSSR count). The Morgan fingerprint density at radius 3 is 2.33 bits per heavy atom. The van der Waals surface area contributed by atoms with Crippen LogP contribution in [0.4, 0.5) is 0 Å². The Balaban J connectivity index is 2.55. The quantitative estimate of drug-likeness (QED) is 0.461. The van der Waals surface area contributed by atoms with E-state index in [0.29, 0.717) is 0 Å². The zero-order chi connectivity index (χ0) is 9.24. The molecule has 0 nitrogen and oxygen atoms in total. The van der Waals surface area contributed by atoms with E-state index in [1.165, 1.54) is 36.6 Å². The first-order valence-electron chi connectivity index (χ1n) is 4.54. The minimum absolute atomic E-state index is 0.992. The molecule has 0 aromatic carbocycles. The molecule has 0 saturated carbocycles. The van der Waals surface area contributed by atoms with Crippen LogP contribution in [0.25, 0.3) is 0 Å². The van der Waals surface area contributed by atoms with Gasteiger partial charge in [0.1, 0.15) is 6.69 Å². The maximum Gasteiger partial charge on any atom is 0.199 e. The largest absolute Gasteiger partial charge is 0.199 e. The molecule has 1 aliphatic rings. The summed E-state index contributed by atoms with van der Waals surface area (Å²) in [4.78, 5) is 0. The number of rotatable bonds is 2. The van der Waals surface area contributed by atoms with E-state index in [4.69, 9.17) is 0 Å². The molecule has 0 bridgehead atoms. The van der Waals surface area contributed by atoms with E-state index in [0.717, 1.165) is 0 Å². The molecule has 1 fully saturated rings. The normalized spacial score (nSPS) is 35.0. The van der Waals surface area contributed by atoms with Gasteiger partial charge in [-0.25, -0.2) is 0 Å². The molecule has 0 amide bonds. The summed E-state index contributed by atoms with van der Waals surface area (Å²) in [5, 5.41) is -1.12. The molecule has 0 radical (unpaired) electrons. The van der Waals surface area contributed by atoms with E-state index >= 15 is 0 Å². The molecule has 1 heterocycles. The summed E-state index contributed by atoms with van der Waals surface area (Å²) < 4.78 is 0.